The summed E-state index contributed by atoms with van der Waals surface area (Å²) < 4.78 is 0. The zero-order chi connectivity index (χ0) is 8.27. The van der Waals surface area contributed by atoms with E-state index in [2.05, 4.69) is 4.85 Å². The highest BCUT2D eigenvalue weighted by molar-refractivity contribution is 6.45. The molecule has 0 atom stereocenters. The minimum absolute atomic E-state index is 0.199. The van der Waals surface area contributed by atoms with E-state index in [1.165, 1.54) is 0 Å². The summed E-state index contributed by atoms with van der Waals surface area (Å²) in [5.74, 6) is 0. The lowest BCUT2D eigenvalue weighted by atomic mass is 9.82. The maximum Gasteiger partial charge on any atom is 0.376 e. The Labute approximate surface area is 68.0 Å². The number of hydrogen-bond donors (Lipinski definition) is 1. The molecule has 60 valence electrons. The van der Waals surface area contributed by atoms with Crippen molar-refractivity contribution in [3.8, 4) is 0 Å². The molecule has 1 heterocycles. The van der Waals surface area contributed by atoms with Crippen molar-refractivity contribution in [1.29, 1.82) is 0 Å². The number of rotatable bonds is 1. The molecule has 0 aromatic rings. The van der Waals surface area contributed by atoms with Crippen molar-refractivity contribution < 1.29 is 5.02 Å². The van der Waals surface area contributed by atoms with Crippen LogP contribution in [0, 0.1) is 6.57 Å². The molecule has 0 amide bonds. The molecule has 0 aliphatic carbocycles. The van der Waals surface area contributed by atoms with E-state index < -0.39 is 0 Å². The predicted octanol–water partition coefficient (Wildman–Crippen LogP) is 0.480. The van der Waals surface area contributed by atoms with Crippen molar-refractivity contribution in [3.63, 3.8) is 0 Å². The predicted molar refractivity (Wildman–Crippen MR) is 45.0 cm³/mol. The van der Waals surface area contributed by atoms with E-state index in [9.17, 15) is 5.02 Å². The molecule has 0 saturated carbocycles. The zero-order valence-electron chi connectivity index (χ0n) is 6.82. The Morgan fingerprint density at radius 2 is 2.09 bits per heavy atom. The molecule has 0 aromatic carbocycles. The van der Waals surface area contributed by atoms with Crippen LogP contribution in [0.4, 0.5) is 0 Å². The van der Waals surface area contributed by atoms with Crippen LogP contribution >= 0.6 is 0 Å². The highest BCUT2D eigenvalue weighted by Gasteiger charge is 2.26. The lowest BCUT2D eigenvalue weighted by Crippen LogP contribution is -2.43. The summed E-state index contributed by atoms with van der Waals surface area (Å²) in [7, 11) is -0.346. The first-order valence-electron chi connectivity index (χ1n) is 4.02. The summed E-state index contributed by atoms with van der Waals surface area (Å²) in [5, 5.41) is 9.18. The largest absolute Gasteiger partial charge is 0.437 e. The Hall–Kier alpha value is -0.525. The molecule has 1 rings (SSSR count). The van der Waals surface area contributed by atoms with Crippen LogP contribution in [0.3, 0.4) is 0 Å². The number of nitrogens with zero attached hydrogens (tertiary/aromatic N) is 2. The van der Waals surface area contributed by atoms with E-state index in [1.54, 1.807) is 6.82 Å². The molecule has 1 aliphatic rings. The highest BCUT2D eigenvalue weighted by Crippen LogP contribution is 2.13. The summed E-state index contributed by atoms with van der Waals surface area (Å²) in [6.45, 7) is 10.3. The molecule has 0 unspecified atom stereocenters. The molecule has 1 N–H and O–H groups in total. The van der Waals surface area contributed by atoms with Gasteiger partial charge >= 0.3 is 7.05 Å². The third-order valence-corrected chi connectivity index (χ3v) is 2.21. The molecule has 3 nitrogen and oxygen atoms in total. The summed E-state index contributed by atoms with van der Waals surface area (Å²) in [6, 6.07) is 0.199. The fourth-order valence-corrected chi connectivity index (χ4v) is 1.39. The van der Waals surface area contributed by atoms with Crippen molar-refractivity contribution in [2.75, 3.05) is 13.1 Å². The van der Waals surface area contributed by atoms with Gasteiger partial charge < -0.3 is 14.7 Å². The maximum atomic E-state index is 9.18. The molecule has 0 aromatic heterocycles. The van der Waals surface area contributed by atoms with Gasteiger partial charge in [-0.05, 0) is 19.9 Å². The van der Waals surface area contributed by atoms with E-state index in [4.69, 9.17) is 6.57 Å². The van der Waals surface area contributed by atoms with Crippen LogP contribution in [0.5, 0.6) is 0 Å². The van der Waals surface area contributed by atoms with Gasteiger partial charge in [0.05, 0.1) is 0 Å². The van der Waals surface area contributed by atoms with Crippen molar-refractivity contribution in [3.05, 3.63) is 11.4 Å². The Balaban J connectivity index is 2.31. The Morgan fingerprint density at radius 3 is 2.45 bits per heavy atom. The smallest absolute Gasteiger partial charge is 0.376 e. The van der Waals surface area contributed by atoms with Crippen LogP contribution in [-0.2, 0) is 0 Å². The fourth-order valence-electron chi connectivity index (χ4n) is 1.39. The second-order valence-corrected chi connectivity index (χ2v) is 3.03. The van der Waals surface area contributed by atoms with Gasteiger partial charge in [-0.2, -0.15) is 0 Å². The molecule has 1 saturated heterocycles. The van der Waals surface area contributed by atoms with Gasteiger partial charge in [0.2, 0.25) is 6.04 Å². The molecule has 11 heavy (non-hydrogen) atoms. The van der Waals surface area contributed by atoms with E-state index in [0.717, 1.165) is 25.9 Å². The van der Waals surface area contributed by atoms with Crippen molar-refractivity contribution >= 4 is 7.05 Å². The summed E-state index contributed by atoms with van der Waals surface area (Å²) in [4.78, 5) is 5.48. The van der Waals surface area contributed by atoms with Crippen molar-refractivity contribution in [1.82, 2.24) is 4.81 Å². The van der Waals surface area contributed by atoms with Gasteiger partial charge in [0.1, 0.15) is 0 Å². The normalized spacial score (nSPS) is 21.2. The lowest BCUT2D eigenvalue weighted by Gasteiger charge is -2.27. The highest BCUT2D eigenvalue weighted by atomic mass is 16.2. The van der Waals surface area contributed by atoms with Gasteiger partial charge in [-0.15, -0.1) is 0 Å². The quantitative estimate of drug-likeness (QED) is 0.437. The van der Waals surface area contributed by atoms with Crippen molar-refractivity contribution in [2.24, 2.45) is 0 Å². The zero-order valence-corrected chi connectivity index (χ0v) is 6.82. The van der Waals surface area contributed by atoms with Gasteiger partial charge in [-0.1, -0.05) is 0 Å². The first-order valence-corrected chi connectivity index (χ1v) is 4.02. The standard InChI is InChI=1S/C7H13BN2O/c1-8(11)10-5-3-7(9-2)4-6-10/h7,11H,3-6H2,1H3. The summed E-state index contributed by atoms with van der Waals surface area (Å²) in [6.07, 6.45) is 1.82. The molecule has 1 aliphatic heterocycles. The van der Waals surface area contributed by atoms with Crippen molar-refractivity contribution in [2.45, 2.75) is 25.7 Å². The van der Waals surface area contributed by atoms with E-state index in [-0.39, 0.29) is 13.1 Å². The monoisotopic (exact) mass is 152 g/mol. The Kier molecular flexibility index (Phi) is 2.92. The van der Waals surface area contributed by atoms with Crippen LogP contribution in [0.15, 0.2) is 0 Å². The Morgan fingerprint density at radius 1 is 1.55 bits per heavy atom. The Bertz CT molecular complexity index is 158. The average molecular weight is 152 g/mol. The molecule has 4 heteroatoms. The number of piperidine rings is 1. The molecule has 0 bridgehead atoms. The molecule has 0 radical (unpaired) electrons. The maximum absolute atomic E-state index is 9.18. The van der Waals surface area contributed by atoms with Gasteiger partial charge in [0.15, 0.2) is 0 Å². The van der Waals surface area contributed by atoms with E-state index in [0.29, 0.717) is 0 Å². The minimum Gasteiger partial charge on any atom is -0.437 e. The van der Waals surface area contributed by atoms with E-state index >= 15 is 0 Å². The van der Waals surface area contributed by atoms with E-state index in [1.807, 2.05) is 4.81 Å². The first-order chi connectivity index (χ1) is 5.24. The number of hydrogen-bond acceptors (Lipinski definition) is 2. The van der Waals surface area contributed by atoms with Crippen LogP contribution < -0.4 is 0 Å². The first kappa shape index (κ1) is 8.57. The molecular weight excluding hydrogens is 139 g/mol. The van der Waals surface area contributed by atoms with Crippen LogP contribution in [-0.4, -0.2) is 36.0 Å². The molecule has 0 spiro atoms. The second-order valence-electron chi connectivity index (χ2n) is 3.03. The fraction of sp³-hybridized carbons (Fsp3) is 0.857. The van der Waals surface area contributed by atoms with Gasteiger partial charge in [-0.25, -0.2) is 6.57 Å². The minimum atomic E-state index is -0.346. The molecular formula is C7H13BN2O. The van der Waals surface area contributed by atoms with Crippen LogP contribution in [0.2, 0.25) is 6.82 Å². The summed E-state index contributed by atoms with van der Waals surface area (Å²) in [5.41, 5.74) is 0. The van der Waals surface area contributed by atoms with Crippen LogP contribution in [0.1, 0.15) is 12.8 Å². The van der Waals surface area contributed by atoms with Gasteiger partial charge in [0.25, 0.3) is 0 Å². The SMILES string of the molecule is [C-]#[N+]C1CCN(B(C)O)CC1. The third-order valence-electron chi connectivity index (χ3n) is 2.21. The van der Waals surface area contributed by atoms with Crippen LogP contribution in [0.25, 0.3) is 4.85 Å². The third kappa shape index (κ3) is 2.21. The second kappa shape index (κ2) is 3.75. The lowest BCUT2D eigenvalue weighted by molar-refractivity contribution is 0.304. The topological polar surface area (TPSA) is 27.8 Å². The summed E-state index contributed by atoms with van der Waals surface area (Å²) >= 11 is 0. The van der Waals surface area contributed by atoms with Gasteiger partial charge in [0, 0.05) is 12.8 Å². The molecule has 1 fully saturated rings. The average Bonchev–Trinajstić information content (AvgIpc) is 2.05. The van der Waals surface area contributed by atoms with Gasteiger partial charge in [-0.3, -0.25) is 0 Å².